The molecular formula is C38H37N11O2. The van der Waals surface area contributed by atoms with Gasteiger partial charge in [-0.25, -0.2) is 15.0 Å². The molecule has 5 heterocycles. The molecule has 0 bridgehead atoms. The Bertz CT molecular complexity index is 2110. The van der Waals surface area contributed by atoms with Gasteiger partial charge in [0.1, 0.15) is 11.5 Å². The van der Waals surface area contributed by atoms with Gasteiger partial charge in [0.2, 0.25) is 5.95 Å². The molecule has 2 amide bonds. The maximum Gasteiger partial charge on any atom is 0.273 e. The monoisotopic (exact) mass is 679 g/mol. The van der Waals surface area contributed by atoms with Crippen LogP contribution in [0.5, 0.6) is 0 Å². The summed E-state index contributed by atoms with van der Waals surface area (Å²) in [5, 5.41) is 17.4. The molecule has 1 fully saturated rings. The normalized spacial score (nSPS) is 14.8. The number of rotatable bonds is 10. The number of hydrogen-bond acceptors (Lipinski definition) is 11. The summed E-state index contributed by atoms with van der Waals surface area (Å²) in [6, 6.07) is 22.5. The average Bonchev–Trinajstić information content (AvgIpc) is 3.66. The molecule has 5 aromatic rings. The van der Waals surface area contributed by atoms with E-state index in [1.54, 1.807) is 49.1 Å². The summed E-state index contributed by atoms with van der Waals surface area (Å²) in [4.78, 5) is 48.3. The molecule has 51 heavy (non-hydrogen) atoms. The largest absolute Gasteiger partial charge is 0.324 e. The number of aryl methyl sites for hydroxylation is 1. The van der Waals surface area contributed by atoms with Crippen LogP contribution in [0.2, 0.25) is 0 Å². The Morgan fingerprint density at radius 3 is 2.43 bits per heavy atom. The fraction of sp³-hybridized carbons (Fsp3) is 0.211. The molecule has 0 unspecified atom stereocenters. The van der Waals surface area contributed by atoms with Crippen molar-refractivity contribution < 1.29 is 9.59 Å². The molecule has 0 aliphatic carbocycles. The van der Waals surface area contributed by atoms with E-state index in [9.17, 15) is 9.59 Å². The minimum atomic E-state index is -0.354. The number of aromatic nitrogens is 4. The lowest BCUT2D eigenvalue weighted by Gasteiger charge is -2.32. The van der Waals surface area contributed by atoms with Gasteiger partial charge in [-0.3, -0.25) is 19.5 Å². The van der Waals surface area contributed by atoms with Crippen LogP contribution in [0.25, 0.3) is 11.3 Å². The lowest BCUT2D eigenvalue weighted by Crippen LogP contribution is -2.43. The number of hydrogen-bond donors (Lipinski definition) is 3. The Hall–Kier alpha value is -6.18. The van der Waals surface area contributed by atoms with Crippen LogP contribution < -0.4 is 16.0 Å². The number of nitrogens with zero attached hydrogens (tertiary/aromatic N) is 8. The highest BCUT2D eigenvalue weighted by Crippen LogP contribution is 2.26. The lowest BCUT2D eigenvalue weighted by atomic mass is 10.0. The number of likely N-dealkylation sites (N-methyl/N-ethyl adjacent to an activating group) is 1. The molecule has 2 aliphatic rings. The van der Waals surface area contributed by atoms with Gasteiger partial charge >= 0.3 is 0 Å². The summed E-state index contributed by atoms with van der Waals surface area (Å²) in [6.07, 6.45) is 6.93. The molecule has 256 valence electrons. The molecule has 2 aromatic carbocycles. The minimum Gasteiger partial charge on any atom is -0.324 e. The average molecular weight is 680 g/mol. The predicted molar refractivity (Wildman–Crippen MR) is 198 cm³/mol. The van der Waals surface area contributed by atoms with Gasteiger partial charge in [0.05, 0.1) is 11.4 Å². The van der Waals surface area contributed by atoms with E-state index >= 15 is 0 Å². The molecular weight excluding hydrogens is 642 g/mol. The number of anilines is 4. The second-order valence-electron chi connectivity index (χ2n) is 12.6. The highest BCUT2D eigenvalue weighted by atomic mass is 16.2. The molecule has 1 saturated heterocycles. The van der Waals surface area contributed by atoms with Crippen molar-refractivity contribution in [1.82, 2.24) is 29.7 Å². The number of carbonyl (C=O) groups excluding carboxylic acids is 2. The summed E-state index contributed by atoms with van der Waals surface area (Å²) < 4.78 is 0. The van der Waals surface area contributed by atoms with E-state index < -0.39 is 0 Å². The van der Waals surface area contributed by atoms with Gasteiger partial charge in [-0.05, 0) is 73.6 Å². The third-order valence-electron chi connectivity index (χ3n) is 8.78. The summed E-state index contributed by atoms with van der Waals surface area (Å²) in [6.45, 7) is 7.09. The summed E-state index contributed by atoms with van der Waals surface area (Å²) in [5.74, 6) is 0.294. The zero-order chi connectivity index (χ0) is 35.2. The molecule has 2 aliphatic heterocycles. The molecule has 3 N–H and O–H groups in total. The Morgan fingerprint density at radius 1 is 0.804 bits per heavy atom. The third kappa shape index (κ3) is 8.35. The first-order chi connectivity index (χ1) is 24.9. The van der Waals surface area contributed by atoms with E-state index in [-0.39, 0.29) is 23.9 Å². The van der Waals surface area contributed by atoms with Gasteiger partial charge in [-0.2, -0.15) is 5.10 Å². The topological polar surface area (TPSA) is 153 Å². The van der Waals surface area contributed by atoms with Crippen molar-refractivity contribution in [2.24, 2.45) is 10.2 Å². The molecule has 0 saturated carbocycles. The molecule has 13 heteroatoms. The number of piperazine rings is 1. The van der Waals surface area contributed by atoms with Crippen molar-refractivity contribution in [3.63, 3.8) is 0 Å². The first-order valence-electron chi connectivity index (χ1n) is 16.7. The Morgan fingerprint density at radius 2 is 1.63 bits per heavy atom. The van der Waals surface area contributed by atoms with Crippen molar-refractivity contribution in [2.75, 3.05) is 49.2 Å². The predicted octanol–water partition coefficient (Wildman–Crippen LogP) is 5.17. The molecule has 13 nitrogen and oxygen atoms in total. The highest BCUT2D eigenvalue weighted by molar-refractivity contribution is 6.47. The lowest BCUT2D eigenvalue weighted by molar-refractivity contribution is -0.110. The number of pyridine rings is 2. The van der Waals surface area contributed by atoms with E-state index in [1.807, 2.05) is 55.5 Å². The van der Waals surface area contributed by atoms with E-state index in [1.165, 1.54) is 5.56 Å². The van der Waals surface area contributed by atoms with Crippen LogP contribution >= 0.6 is 0 Å². The second kappa shape index (κ2) is 15.2. The first-order valence-corrected chi connectivity index (χ1v) is 16.7. The van der Waals surface area contributed by atoms with Crippen molar-refractivity contribution in [1.29, 1.82) is 0 Å². The van der Waals surface area contributed by atoms with Gasteiger partial charge in [0.25, 0.3) is 11.8 Å². The number of benzene rings is 2. The van der Waals surface area contributed by atoms with Crippen LogP contribution in [0.4, 0.5) is 23.1 Å². The molecule has 7 rings (SSSR count). The van der Waals surface area contributed by atoms with Crippen LogP contribution in [0.3, 0.4) is 0 Å². The Balaban J connectivity index is 0.980. The molecule has 0 spiro atoms. The summed E-state index contributed by atoms with van der Waals surface area (Å²) >= 11 is 0. The minimum absolute atomic E-state index is 0.181. The SMILES string of the molecule is Cc1ccc(NC(=O)c2ccc(CN3CCN(C)CC3)cc2)cc1Nc1nccc(-c2cncc(C3=NN=C(C(=O)Nc4ccccn4)C3)c2)n1. The summed E-state index contributed by atoms with van der Waals surface area (Å²) in [7, 11) is 2.15. The standard InChI is InChI=1S/C38H37N11O2/c1-25-6-11-30(42-36(50)27-9-7-26(8-10-27)24-49-17-15-48(2)16-18-49)20-32(25)44-38-41-14-12-31(43-38)28-19-29(23-39-22-28)33-21-34(47-46-33)37(51)45-35-5-3-4-13-40-35/h3-14,19-20,22-23H,15-18,21,24H2,1-2H3,(H,42,50)(H,40,45,51)(H,41,43,44). The Labute approximate surface area is 295 Å². The highest BCUT2D eigenvalue weighted by Gasteiger charge is 2.22. The van der Waals surface area contributed by atoms with Gasteiger partial charge < -0.3 is 20.9 Å². The van der Waals surface area contributed by atoms with Crippen LogP contribution in [-0.2, 0) is 11.3 Å². The number of carbonyl (C=O) groups is 2. The maximum absolute atomic E-state index is 13.1. The molecule has 0 radical (unpaired) electrons. The fourth-order valence-corrected chi connectivity index (χ4v) is 5.76. The zero-order valence-corrected chi connectivity index (χ0v) is 28.4. The quantitative estimate of drug-likeness (QED) is 0.181. The molecule has 3 aromatic heterocycles. The van der Waals surface area contributed by atoms with E-state index in [0.29, 0.717) is 34.4 Å². The van der Waals surface area contributed by atoms with E-state index in [2.05, 4.69) is 58.0 Å². The fourth-order valence-electron chi connectivity index (χ4n) is 5.76. The van der Waals surface area contributed by atoms with E-state index in [4.69, 9.17) is 4.98 Å². The zero-order valence-electron chi connectivity index (χ0n) is 28.4. The van der Waals surface area contributed by atoms with Crippen LogP contribution in [0.1, 0.15) is 33.5 Å². The van der Waals surface area contributed by atoms with Crippen molar-refractivity contribution in [3.8, 4) is 11.3 Å². The summed E-state index contributed by atoms with van der Waals surface area (Å²) in [5.41, 5.74) is 7.19. The van der Waals surface area contributed by atoms with Crippen molar-refractivity contribution in [3.05, 3.63) is 120 Å². The van der Waals surface area contributed by atoms with E-state index in [0.717, 1.165) is 55.1 Å². The maximum atomic E-state index is 13.1. The number of nitrogens with one attached hydrogen (secondary N) is 3. The van der Waals surface area contributed by atoms with Crippen molar-refractivity contribution >= 4 is 46.4 Å². The molecule has 0 atom stereocenters. The smallest absolute Gasteiger partial charge is 0.273 e. The number of amides is 2. The van der Waals surface area contributed by atoms with Gasteiger partial charge in [-0.15, -0.1) is 5.10 Å². The first kappa shape index (κ1) is 33.3. The van der Waals surface area contributed by atoms with Gasteiger partial charge in [0, 0.05) is 92.0 Å². The van der Waals surface area contributed by atoms with Crippen LogP contribution in [0, 0.1) is 6.92 Å². The van der Waals surface area contributed by atoms with Crippen molar-refractivity contribution in [2.45, 2.75) is 19.9 Å². The van der Waals surface area contributed by atoms with Gasteiger partial charge in [0.15, 0.2) is 0 Å². The Kier molecular flexibility index (Phi) is 9.90. The van der Waals surface area contributed by atoms with Crippen LogP contribution in [0.15, 0.2) is 108 Å². The third-order valence-corrected chi connectivity index (χ3v) is 8.78. The van der Waals surface area contributed by atoms with Crippen LogP contribution in [-0.4, -0.2) is 86.2 Å². The second-order valence-corrected chi connectivity index (χ2v) is 12.6. The van der Waals surface area contributed by atoms with Gasteiger partial charge in [-0.1, -0.05) is 24.3 Å².